The van der Waals surface area contributed by atoms with Crippen molar-refractivity contribution in [2.75, 3.05) is 26.2 Å². The van der Waals surface area contributed by atoms with Crippen molar-refractivity contribution in [2.24, 2.45) is 5.73 Å². The first-order valence-corrected chi connectivity index (χ1v) is 20.6. The van der Waals surface area contributed by atoms with Crippen LogP contribution in [0.3, 0.4) is 0 Å². The number of carbonyl (C=O) groups is 4. The Morgan fingerprint density at radius 2 is 1.53 bits per heavy atom. The summed E-state index contributed by atoms with van der Waals surface area (Å²) >= 11 is 0. The molecule has 60 heavy (non-hydrogen) atoms. The van der Waals surface area contributed by atoms with Gasteiger partial charge in [0.1, 0.15) is 6.29 Å². The number of fused-ring (bicyclic) bond motifs is 11. The van der Waals surface area contributed by atoms with E-state index < -0.39 is 22.8 Å². The Morgan fingerprint density at radius 1 is 0.883 bits per heavy atom. The van der Waals surface area contributed by atoms with Crippen LogP contribution in [-0.2, 0) is 47.5 Å². The fraction of sp³-hybridized carbons (Fsp3) is 0.375. The first-order valence-electron chi connectivity index (χ1n) is 20.6. The number of allylic oxidation sites excluding steroid dienone is 2. The van der Waals surface area contributed by atoms with Crippen molar-refractivity contribution in [2.45, 2.75) is 96.9 Å². The Bertz CT molecular complexity index is 2790. The van der Waals surface area contributed by atoms with E-state index in [2.05, 4.69) is 54.7 Å². The highest BCUT2D eigenvalue weighted by atomic mass is 16.5. The molecule has 0 spiro atoms. The number of hydrogen-bond acceptors (Lipinski definition) is 9. The standard InChI is InChI=1S/C48H52N6O6/c1-10-28-24(3)35-22-40-48(11-2)33-18-27(23-55)12-15-39(33)54(7)45-32(46(49)58)19-31(44(53-40)47(45,48)6)43-26(5)30(14-17-42(57)60-9)38(52-43)21-37-29(13-16-41(56)59-8)25(4)34(50-37)20-36(28)51-35/h12,15,18-23,45,50-51H,10-11,13-14,16-17H2,1-9H3,(H2,49,58)/t45?,47-,48-/m1/s1. The molecule has 1 aliphatic carbocycles. The highest BCUT2D eigenvalue weighted by Gasteiger charge is 2.66. The normalized spacial score (nSPS) is 20.1. The molecule has 3 atom stereocenters. The summed E-state index contributed by atoms with van der Waals surface area (Å²) in [4.78, 5) is 72.1. The maximum absolute atomic E-state index is 13.9. The van der Waals surface area contributed by atoms with Gasteiger partial charge in [0.15, 0.2) is 0 Å². The number of aromatic nitrogens is 4. The van der Waals surface area contributed by atoms with Gasteiger partial charge >= 0.3 is 11.9 Å². The summed E-state index contributed by atoms with van der Waals surface area (Å²) < 4.78 is 10.1. The number of nitrogens with zero attached hydrogens (tertiary/aromatic N) is 3. The van der Waals surface area contributed by atoms with Crippen molar-refractivity contribution >= 4 is 69.1 Å². The number of esters is 2. The first kappa shape index (κ1) is 40.5. The van der Waals surface area contributed by atoms with E-state index in [1.807, 2.05) is 51.2 Å². The number of hydrogen-bond donors (Lipinski definition) is 3. The van der Waals surface area contributed by atoms with Gasteiger partial charge in [-0.05, 0) is 128 Å². The smallest absolute Gasteiger partial charge is 0.305 e. The third kappa shape index (κ3) is 5.70. The maximum atomic E-state index is 13.9. The first-order chi connectivity index (χ1) is 28.7. The predicted octanol–water partition coefficient (Wildman–Crippen LogP) is 7.65. The molecule has 6 heterocycles. The van der Waals surface area contributed by atoms with E-state index in [0.29, 0.717) is 47.4 Å². The number of benzene rings is 1. The molecule has 0 saturated heterocycles. The number of nitrogens with two attached hydrogens (primary N) is 1. The van der Waals surface area contributed by atoms with E-state index in [1.54, 1.807) is 0 Å². The van der Waals surface area contributed by atoms with Gasteiger partial charge in [0.25, 0.3) is 0 Å². The lowest BCUT2D eigenvalue weighted by molar-refractivity contribution is -0.141. The minimum Gasteiger partial charge on any atom is -0.469 e. The number of ether oxygens (including phenoxy) is 2. The summed E-state index contributed by atoms with van der Waals surface area (Å²) in [6, 6.07) is 11.5. The Kier molecular flexibility index (Phi) is 9.96. The molecule has 3 aliphatic heterocycles. The molecule has 4 aromatic rings. The summed E-state index contributed by atoms with van der Waals surface area (Å²) in [6.45, 7) is 12.6. The highest BCUT2D eigenvalue weighted by Crippen LogP contribution is 2.64. The fourth-order valence-electron chi connectivity index (χ4n) is 10.9. The van der Waals surface area contributed by atoms with E-state index in [9.17, 15) is 19.2 Å². The largest absolute Gasteiger partial charge is 0.469 e. The molecule has 1 aromatic carbocycles. The van der Waals surface area contributed by atoms with Crippen LogP contribution in [0.4, 0.5) is 5.69 Å². The molecule has 4 N–H and O–H groups in total. The van der Waals surface area contributed by atoms with Crippen LogP contribution in [0.25, 0.3) is 39.3 Å². The average Bonchev–Trinajstić information content (AvgIpc) is 3.90. The number of anilines is 1. The number of rotatable bonds is 10. The summed E-state index contributed by atoms with van der Waals surface area (Å²) in [5.74, 6) is -1.21. The number of aryl methyl sites for hydroxylation is 4. The second-order valence-corrected chi connectivity index (χ2v) is 16.6. The van der Waals surface area contributed by atoms with Crippen LogP contribution in [0.5, 0.6) is 0 Å². The SMILES string of the molecule is CCc1c(C)c2cc3nc4c(c5nc(cc6[nH]c(cc1[nH]2)c(C)c6CCC(=O)OC)C(CCC(=O)OC)=C5C)C=C(C(N)=O)C1N(C)c2ccc(C=O)cc2[C@@]3(CC)[C@]41C. The van der Waals surface area contributed by atoms with Crippen LogP contribution in [0.1, 0.15) is 120 Å². The second kappa shape index (κ2) is 14.8. The zero-order valence-electron chi connectivity index (χ0n) is 35.8. The van der Waals surface area contributed by atoms with E-state index in [-0.39, 0.29) is 24.8 Å². The molecule has 0 fully saturated rings. The molecule has 310 valence electrons. The van der Waals surface area contributed by atoms with Crippen LogP contribution in [0.2, 0.25) is 0 Å². The number of likely N-dealkylation sites (N-methyl/N-ethyl adjacent to an activating group) is 1. The number of H-pyrrole nitrogens is 2. The molecule has 8 bridgehead atoms. The molecular formula is C48H52N6O6. The number of amides is 1. The summed E-state index contributed by atoms with van der Waals surface area (Å²) in [5.41, 5.74) is 20.4. The van der Waals surface area contributed by atoms with Crippen molar-refractivity contribution in [3.8, 4) is 0 Å². The molecule has 8 rings (SSSR count). The summed E-state index contributed by atoms with van der Waals surface area (Å²) in [5, 5.41) is 0. The van der Waals surface area contributed by atoms with E-state index in [0.717, 1.165) is 90.8 Å². The van der Waals surface area contributed by atoms with E-state index >= 15 is 0 Å². The maximum Gasteiger partial charge on any atom is 0.305 e. The number of aromatic amines is 2. The van der Waals surface area contributed by atoms with Crippen LogP contribution in [0.15, 0.2) is 42.0 Å². The zero-order valence-corrected chi connectivity index (χ0v) is 35.8. The third-order valence-electron chi connectivity index (χ3n) is 14.0. The lowest BCUT2D eigenvalue weighted by Gasteiger charge is -2.58. The zero-order chi connectivity index (χ0) is 43.0. The molecule has 0 saturated carbocycles. The molecular weight excluding hydrogens is 757 g/mol. The Morgan fingerprint density at radius 3 is 2.17 bits per heavy atom. The number of primary amides is 1. The number of carbonyl (C=O) groups excluding carboxylic acids is 4. The summed E-state index contributed by atoms with van der Waals surface area (Å²) in [7, 11) is 4.74. The van der Waals surface area contributed by atoms with Gasteiger partial charge in [0.2, 0.25) is 5.91 Å². The molecule has 1 unspecified atom stereocenters. The minimum atomic E-state index is -0.879. The third-order valence-corrected chi connectivity index (χ3v) is 14.0. The Balaban J connectivity index is 1.60. The topological polar surface area (TPSA) is 173 Å². The lowest BCUT2D eigenvalue weighted by Crippen LogP contribution is -2.64. The predicted molar refractivity (Wildman–Crippen MR) is 234 cm³/mol. The molecule has 12 heteroatoms. The van der Waals surface area contributed by atoms with Crippen molar-refractivity contribution in [1.29, 1.82) is 0 Å². The highest BCUT2D eigenvalue weighted by molar-refractivity contribution is 6.04. The lowest BCUT2D eigenvalue weighted by atomic mass is 9.50. The molecule has 3 aromatic heterocycles. The average molecular weight is 809 g/mol. The van der Waals surface area contributed by atoms with Crippen molar-refractivity contribution in [3.05, 3.63) is 104 Å². The van der Waals surface area contributed by atoms with Crippen LogP contribution >= 0.6 is 0 Å². The van der Waals surface area contributed by atoms with Crippen LogP contribution in [-0.4, -0.2) is 71.4 Å². The molecule has 0 radical (unpaired) electrons. The van der Waals surface area contributed by atoms with Gasteiger partial charge in [-0.3, -0.25) is 24.2 Å². The minimum absolute atomic E-state index is 0.125. The van der Waals surface area contributed by atoms with Gasteiger partial charge in [-0.15, -0.1) is 0 Å². The summed E-state index contributed by atoms with van der Waals surface area (Å²) in [6.07, 6.45) is 5.18. The fourth-order valence-corrected chi connectivity index (χ4v) is 10.9. The van der Waals surface area contributed by atoms with Gasteiger partial charge in [0.05, 0.1) is 53.9 Å². The van der Waals surface area contributed by atoms with Crippen molar-refractivity contribution in [1.82, 2.24) is 19.9 Å². The molecule has 4 aliphatic rings. The van der Waals surface area contributed by atoms with Gasteiger partial charge in [-0.1, -0.05) is 20.8 Å². The Hall–Kier alpha value is -6.30. The number of methoxy groups -OCH3 is 2. The Labute approximate surface area is 349 Å². The van der Waals surface area contributed by atoms with Gasteiger partial charge in [-0.25, -0.2) is 4.98 Å². The molecule has 1 amide bonds. The monoisotopic (exact) mass is 808 g/mol. The van der Waals surface area contributed by atoms with Gasteiger partial charge < -0.3 is 30.1 Å². The van der Waals surface area contributed by atoms with Gasteiger partial charge in [-0.2, -0.15) is 0 Å². The number of aldehydes is 1. The van der Waals surface area contributed by atoms with E-state index in [1.165, 1.54) is 14.2 Å². The van der Waals surface area contributed by atoms with Crippen molar-refractivity contribution < 1.29 is 28.7 Å². The molecule has 12 nitrogen and oxygen atoms in total. The van der Waals surface area contributed by atoms with E-state index in [4.69, 9.17) is 25.2 Å². The quantitative estimate of drug-likeness (QED) is 0.107. The van der Waals surface area contributed by atoms with Crippen molar-refractivity contribution in [3.63, 3.8) is 0 Å². The van der Waals surface area contributed by atoms with Crippen LogP contribution < -0.4 is 10.6 Å². The number of nitrogens with one attached hydrogen (secondary N) is 2. The van der Waals surface area contributed by atoms with Crippen LogP contribution in [0, 0.1) is 13.8 Å². The second-order valence-electron chi connectivity index (χ2n) is 16.6. The van der Waals surface area contributed by atoms with Gasteiger partial charge in [0, 0.05) is 64.3 Å².